The van der Waals surface area contributed by atoms with Crippen LogP contribution in [-0.4, -0.2) is 35.5 Å². The maximum Gasteiger partial charge on any atom is 0.529 e. The first-order chi connectivity index (χ1) is 13.3. The van der Waals surface area contributed by atoms with Gasteiger partial charge in [-0.25, -0.2) is 4.57 Å². The summed E-state index contributed by atoms with van der Waals surface area (Å²) in [5.74, 6) is -2.64. The Morgan fingerprint density at radius 2 is 1.79 bits per heavy atom. The van der Waals surface area contributed by atoms with E-state index in [9.17, 15) is 18.9 Å². The Morgan fingerprint density at radius 3 is 2.39 bits per heavy atom. The third-order valence-electron chi connectivity index (χ3n) is 5.20. The summed E-state index contributed by atoms with van der Waals surface area (Å²) in [7, 11) is -3.92. The van der Waals surface area contributed by atoms with Crippen molar-refractivity contribution in [3.63, 3.8) is 0 Å². The molecule has 0 aromatic heterocycles. The number of hydrogen-bond acceptors (Lipinski definition) is 9. The molecule has 0 bridgehead atoms. The molecular formula is C18H25O8PS. The minimum Gasteiger partial charge on any atom is -0.407 e. The smallest absolute Gasteiger partial charge is 0.407 e. The van der Waals surface area contributed by atoms with Crippen LogP contribution >= 0.6 is 19.6 Å². The number of carbonyl (C=O) groups excluding carboxylic acids is 3. The van der Waals surface area contributed by atoms with Crippen molar-refractivity contribution in [2.24, 2.45) is 17.8 Å². The molecule has 4 atom stereocenters. The molecule has 0 N–H and O–H groups in total. The Bertz CT molecular complexity index is 738. The van der Waals surface area contributed by atoms with Crippen molar-refractivity contribution < 1.29 is 37.3 Å². The van der Waals surface area contributed by atoms with Gasteiger partial charge in [0.05, 0.1) is 30.3 Å². The van der Waals surface area contributed by atoms with Gasteiger partial charge >= 0.3 is 19.8 Å². The Kier molecular flexibility index (Phi) is 6.69. The Balaban J connectivity index is 2.09. The lowest BCUT2D eigenvalue weighted by molar-refractivity contribution is -0.154. The molecule has 0 radical (unpaired) electrons. The largest absolute Gasteiger partial charge is 0.529 e. The molecule has 1 aliphatic heterocycles. The van der Waals surface area contributed by atoms with Gasteiger partial charge < -0.3 is 9.26 Å². The van der Waals surface area contributed by atoms with Crippen LogP contribution in [0.2, 0.25) is 0 Å². The van der Waals surface area contributed by atoms with Crippen LogP contribution in [-0.2, 0) is 37.3 Å². The summed E-state index contributed by atoms with van der Waals surface area (Å²) in [5, 5.41) is -1.03. The lowest BCUT2D eigenvalue weighted by Crippen LogP contribution is -2.42. The number of fused-ring (bicyclic) bond motifs is 3. The second-order valence-electron chi connectivity index (χ2n) is 6.94. The molecule has 0 amide bonds. The summed E-state index contributed by atoms with van der Waals surface area (Å²) in [6, 6.07) is 0. The minimum atomic E-state index is -3.92. The predicted octanol–water partition coefficient (Wildman–Crippen LogP) is 3.61. The highest BCUT2D eigenvalue weighted by Crippen LogP contribution is 2.59. The van der Waals surface area contributed by atoms with Crippen LogP contribution in [0.25, 0.3) is 0 Å². The second-order valence-corrected chi connectivity index (χ2v) is 9.85. The van der Waals surface area contributed by atoms with Gasteiger partial charge in [-0.1, -0.05) is 18.2 Å². The zero-order chi connectivity index (χ0) is 20.5. The fraction of sp³-hybridized carbons (Fsp3) is 0.722. The number of hydrogen-bond donors (Lipinski definition) is 0. The van der Waals surface area contributed by atoms with Crippen molar-refractivity contribution in [2.45, 2.75) is 51.7 Å². The van der Waals surface area contributed by atoms with Crippen LogP contribution < -0.4 is 0 Å². The molecule has 156 valence electrons. The monoisotopic (exact) mass is 432 g/mol. The van der Waals surface area contributed by atoms with Gasteiger partial charge in [0.15, 0.2) is 5.12 Å². The summed E-state index contributed by atoms with van der Waals surface area (Å²) in [6.07, 6.45) is 3.13. The SMILES string of the molecule is CCOP(=O)(OCC)OC1=C2CCCC[C@@H]2[C@@H]2C(=O)OC(=O)[C@@H]2[C@@H]1SC(C)=O. The molecule has 2 aliphatic carbocycles. The zero-order valence-corrected chi connectivity index (χ0v) is 17.9. The second kappa shape index (κ2) is 8.69. The van der Waals surface area contributed by atoms with Gasteiger partial charge in [-0.3, -0.25) is 23.4 Å². The van der Waals surface area contributed by atoms with E-state index < -0.39 is 36.8 Å². The van der Waals surface area contributed by atoms with Gasteiger partial charge in [0.25, 0.3) is 0 Å². The van der Waals surface area contributed by atoms with Crippen molar-refractivity contribution in [3.8, 4) is 0 Å². The molecule has 3 aliphatic rings. The number of rotatable bonds is 7. The highest BCUT2D eigenvalue weighted by atomic mass is 32.2. The number of ether oxygens (including phenoxy) is 1. The molecule has 10 heteroatoms. The van der Waals surface area contributed by atoms with Gasteiger partial charge in [-0.15, -0.1) is 0 Å². The van der Waals surface area contributed by atoms with E-state index in [1.54, 1.807) is 13.8 Å². The lowest BCUT2D eigenvalue weighted by Gasteiger charge is -2.40. The number of cyclic esters (lactones) is 2. The molecule has 28 heavy (non-hydrogen) atoms. The summed E-state index contributed by atoms with van der Waals surface area (Å²) < 4.78 is 34.3. The number of esters is 2. The summed E-state index contributed by atoms with van der Waals surface area (Å²) in [5.41, 5.74) is 0.817. The maximum atomic E-state index is 13.0. The molecule has 0 aromatic rings. The topological polar surface area (TPSA) is 105 Å². The number of phosphoric ester groups is 1. The minimum absolute atomic E-state index is 0.112. The molecule has 2 fully saturated rings. The van der Waals surface area contributed by atoms with Crippen LogP contribution in [0.1, 0.15) is 46.5 Å². The van der Waals surface area contributed by atoms with Gasteiger partial charge in [-0.2, -0.15) is 0 Å². The van der Waals surface area contributed by atoms with Gasteiger partial charge in [-0.05, 0) is 44.6 Å². The summed E-state index contributed by atoms with van der Waals surface area (Å²) in [6.45, 7) is 4.94. The molecule has 8 nitrogen and oxygen atoms in total. The molecule has 1 saturated carbocycles. The van der Waals surface area contributed by atoms with Crippen LogP contribution in [0.5, 0.6) is 0 Å². The van der Waals surface area contributed by atoms with E-state index in [4.69, 9.17) is 18.3 Å². The van der Waals surface area contributed by atoms with E-state index in [1.807, 2.05) is 0 Å². The van der Waals surface area contributed by atoms with Crippen LogP contribution in [0.3, 0.4) is 0 Å². The highest BCUT2D eigenvalue weighted by Gasteiger charge is 2.59. The van der Waals surface area contributed by atoms with E-state index in [2.05, 4.69) is 0 Å². The first kappa shape index (κ1) is 21.6. The molecule has 1 heterocycles. The molecule has 0 unspecified atom stereocenters. The fourth-order valence-electron chi connectivity index (χ4n) is 4.29. The summed E-state index contributed by atoms with van der Waals surface area (Å²) in [4.78, 5) is 36.8. The summed E-state index contributed by atoms with van der Waals surface area (Å²) >= 11 is 0.891. The van der Waals surface area contributed by atoms with Gasteiger partial charge in [0.1, 0.15) is 5.76 Å². The van der Waals surface area contributed by atoms with Crippen molar-refractivity contribution in [3.05, 3.63) is 11.3 Å². The number of phosphoric acid groups is 1. The van der Waals surface area contributed by atoms with Gasteiger partial charge in [0, 0.05) is 6.92 Å². The molecule has 3 rings (SSSR count). The Morgan fingerprint density at radius 1 is 1.14 bits per heavy atom. The normalized spacial score (nSPS) is 30.0. The fourth-order valence-corrected chi connectivity index (χ4v) is 6.73. The number of carbonyl (C=O) groups is 3. The van der Waals surface area contributed by atoms with E-state index in [0.29, 0.717) is 12.8 Å². The lowest BCUT2D eigenvalue weighted by atomic mass is 9.66. The van der Waals surface area contributed by atoms with Crippen molar-refractivity contribution in [2.75, 3.05) is 13.2 Å². The number of thioether (sulfide) groups is 1. The molecule has 0 aromatic carbocycles. The third kappa shape index (κ3) is 4.08. The maximum absolute atomic E-state index is 13.0. The Hall–Kier alpha value is -1.15. The van der Waals surface area contributed by atoms with E-state index >= 15 is 0 Å². The van der Waals surface area contributed by atoms with Crippen LogP contribution in [0.4, 0.5) is 0 Å². The Labute approximate surface area is 168 Å². The zero-order valence-electron chi connectivity index (χ0n) is 16.2. The average molecular weight is 432 g/mol. The third-order valence-corrected chi connectivity index (χ3v) is 7.87. The van der Waals surface area contributed by atoms with E-state index in [1.165, 1.54) is 6.92 Å². The number of allylic oxidation sites excluding steroid dienone is 1. The quantitative estimate of drug-likeness (QED) is 0.339. The molecule has 0 spiro atoms. The highest BCUT2D eigenvalue weighted by molar-refractivity contribution is 8.14. The average Bonchev–Trinajstić information content (AvgIpc) is 2.92. The first-order valence-electron chi connectivity index (χ1n) is 9.55. The van der Waals surface area contributed by atoms with Crippen LogP contribution in [0, 0.1) is 17.8 Å². The first-order valence-corrected chi connectivity index (χ1v) is 11.9. The van der Waals surface area contributed by atoms with Crippen molar-refractivity contribution in [1.82, 2.24) is 0 Å². The van der Waals surface area contributed by atoms with Crippen LogP contribution in [0.15, 0.2) is 11.3 Å². The molecular weight excluding hydrogens is 407 g/mol. The standard InChI is InChI=1S/C18H25O8PS/c1-4-23-27(22,24-5-2)26-15-12-9-7-6-8-11(12)13-14(16(15)28-10(3)19)18(21)25-17(13)20/h11,13-14,16H,4-9H2,1-3H3/t11-,13-,14-,16-/m0/s1. The van der Waals surface area contributed by atoms with E-state index in [0.717, 1.165) is 30.2 Å². The van der Waals surface area contributed by atoms with Crippen molar-refractivity contribution in [1.29, 1.82) is 0 Å². The van der Waals surface area contributed by atoms with Gasteiger partial charge in [0.2, 0.25) is 0 Å². The predicted molar refractivity (Wildman–Crippen MR) is 101 cm³/mol. The van der Waals surface area contributed by atoms with E-state index in [-0.39, 0.29) is 30.0 Å². The van der Waals surface area contributed by atoms with Crippen molar-refractivity contribution >= 4 is 36.6 Å². The molecule has 1 saturated heterocycles.